The number of aromatic nitrogens is 2. The molecule has 0 aliphatic carbocycles. The average molecular weight is 400 g/mol. The molecule has 28 heavy (non-hydrogen) atoms. The van der Waals surface area contributed by atoms with Gasteiger partial charge in [-0.1, -0.05) is 23.7 Å². The SMILES string of the molecule is NC(=O)c1c(N=Cc2ccc(O)c([N+](=O)[O-])c2)n[nH]c1Cc1cccc(Cl)c1. The summed E-state index contributed by atoms with van der Waals surface area (Å²) in [7, 11) is 0. The number of phenolic OH excluding ortho intramolecular Hbond substituents is 1. The first-order chi connectivity index (χ1) is 13.3. The van der Waals surface area contributed by atoms with Crippen molar-refractivity contribution >= 4 is 35.2 Å². The topological polar surface area (TPSA) is 148 Å². The van der Waals surface area contributed by atoms with Gasteiger partial charge in [-0.2, -0.15) is 5.10 Å². The van der Waals surface area contributed by atoms with E-state index in [1.807, 2.05) is 6.07 Å². The Bertz CT molecular complexity index is 1090. The second-order valence-electron chi connectivity index (χ2n) is 5.84. The zero-order chi connectivity index (χ0) is 20.3. The Hall–Kier alpha value is -3.72. The normalized spacial score (nSPS) is 11.0. The Morgan fingerprint density at radius 2 is 2.14 bits per heavy atom. The number of aromatic amines is 1. The van der Waals surface area contributed by atoms with Crippen LogP contribution in [0.2, 0.25) is 5.02 Å². The van der Waals surface area contributed by atoms with Crippen LogP contribution >= 0.6 is 11.6 Å². The lowest BCUT2D eigenvalue weighted by atomic mass is 10.1. The molecule has 3 rings (SSSR count). The first-order valence-corrected chi connectivity index (χ1v) is 8.36. The number of carbonyl (C=O) groups excluding carboxylic acids is 1. The number of H-pyrrole nitrogens is 1. The number of carbonyl (C=O) groups is 1. The number of halogens is 1. The largest absolute Gasteiger partial charge is 0.502 e. The number of nitro groups is 1. The molecule has 0 bridgehead atoms. The van der Waals surface area contributed by atoms with Crippen molar-refractivity contribution in [2.75, 3.05) is 0 Å². The van der Waals surface area contributed by atoms with Crippen LogP contribution in [-0.4, -0.2) is 32.3 Å². The van der Waals surface area contributed by atoms with Gasteiger partial charge in [0.15, 0.2) is 11.6 Å². The highest BCUT2D eigenvalue weighted by molar-refractivity contribution is 6.30. The Kier molecular flexibility index (Phi) is 5.37. The van der Waals surface area contributed by atoms with Crippen molar-refractivity contribution in [1.29, 1.82) is 0 Å². The molecule has 10 heteroatoms. The first kappa shape index (κ1) is 19.1. The maximum atomic E-state index is 11.9. The van der Waals surface area contributed by atoms with Gasteiger partial charge >= 0.3 is 5.69 Å². The number of rotatable bonds is 6. The van der Waals surface area contributed by atoms with E-state index in [1.165, 1.54) is 18.3 Å². The Morgan fingerprint density at radius 3 is 2.82 bits per heavy atom. The van der Waals surface area contributed by atoms with Gasteiger partial charge in [0.05, 0.1) is 10.6 Å². The summed E-state index contributed by atoms with van der Waals surface area (Å²) in [5.41, 5.74) is 6.80. The van der Waals surface area contributed by atoms with Gasteiger partial charge in [0.25, 0.3) is 5.91 Å². The molecular weight excluding hydrogens is 386 g/mol. The van der Waals surface area contributed by atoms with Gasteiger partial charge in [0.1, 0.15) is 5.56 Å². The molecule has 0 atom stereocenters. The molecule has 0 spiro atoms. The number of nitrogens with zero attached hydrogens (tertiary/aromatic N) is 3. The minimum absolute atomic E-state index is 0.0558. The van der Waals surface area contributed by atoms with E-state index in [2.05, 4.69) is 15.2 Å². The smallest absolute Gasteiger partial charge is 0.311 e. The summed E-state index contributed by atoms with van der Waals surface area (Å²) < 4.78 is 0. The number of hydrogen-bond acceptors (Lipinski definition) is 6. The van der Waals surface area contributed by atoms with E-state index in [4.69, 9.17) is 17.3 Å². The van der Waals surface area contributed by atoms with Gasteiger partial charge in [-0.15, -0.1) is 0 Å². The van der Waals surface area contributed by atoms with Gasteiger partial charge in [-0.3, -0.25) is 20.0 Å². The zero-order valence-corrected chi connectivity index (χ0v) is 15.1. The third kappa shape index (κ3) is 4.15. The molecule has 0 saturated heterocycles. The summed E-state index contributed by atoms with van der Waals surface area (Å²) >= 11 is 5.98. The molecule has 0 unspecified atom stereocenters. The van der Waals surface area contributed by atoms with Crippen molar-refractivity contribution in [3.8, 4) is 5.75 Å². The van der Waals surface area contributed by atoms with Crippen LogP contribution in [0.1, 0.15) is 27.2 Å². The fourth-order valence-electron chi connectivity index (χ4n) is 2.60. The van der Waals surface area contributed by atoms with Gasteiger partial charge in [0, 0.05) is 23.7 Å². The van der Waals surface area contributed by atoms with Crippen molar-refractivity contribution in [3.05, 3.63) is 80.0 Å². The van der Waals surface area contributed by atoms with E-state index in [0.717, 1.165) is 11.6 Å². The molecule has 2 aromatic carbocycles. The Labute approximate surface area is 163 Å². The van der Waals surface area contributed by atoms with Crippen molar-refractivity contribution in [3.63, 3.8) is 0 Å². The zero-order valence-electron chi connectivity index (χ0n) is 14.3. The van der Waals surface area contributed by atoms with Gasteiger partial charge in [-0.25, -0.2) is 4.99 Å². The fraction of sp³-hybridized carbons (Fsp3) is 0.0556. The van der Waals surface area contributed by atoms with E-state index < -0.39 is 22.3 Å². The number of primary amides is 1. The number of aromatic hydroxyl groups is 1. The lowest BCUT2D eigenvalue weighted by molar-refractivity contribution is -0.385. The van der Waals surface area contributed by atoms with Crippen LogP contribution in [0, 0.1) is 10.1 Å². The molecule has 0 fully saturated rings. The maximum Gasteiger partial charge on any atom is 0.311 e. The minimum Gasteiger partial charge on any atom is -0.502 e. The van der Waals surface area contributed by atoms with Crippen molar-refractivity contribution in [2.45, 2.75) is 6.42 Å². The Balaban J connectivity index is 1.92. The van der Waals surface area contributed by atoms with E-state index in [9.17, 15) is 20.0 Å². The Morgan fingerprint density at radius 1 is 1.36 bits per heavy atom. The van der Waals surface area contributed by atoms with Crippen LogP contribution in [0.15, 0.2) is 47.5 Å². The lowest BCUT2D eigenvalue weighted by Gasteiger charge is -2.02. The van der Waals surface area contributed by atoms with Gasteiger partial charge < -0.3 is 10.8 Å². The summed E-state index contributed by atoms with van der Waals surface area (Å²) in [5.74, 6) is -1.11. The molecule has 1 aromatic heterocycles. The number of nitro benzene ring substituents is 1. The second kappa shape index (κ2) is 7.89. The number of benzene rings is 2. The van der Waals surface area contributed by atoms with Crippen molar-refractivity contribution in [2.24, 2.45) is 10.7 Å². The van der Waals surface area contributed by atoms with Crippen LogP contribution in [0.4, 0.5) is 11.5 Å². The summed E-state index contributed by atoms with van der Waals surface area (Å²) in [5, 5.41) is 27.7. The minimum atomic E-state index is -0.713. The summed E-state index contributed by atoms with van der Waals surface area (Å²) in [4.78, 5) is 26.2. The molecular formula is C18H14ClN5O4. The first-order valence-electron chi connectivity index (χ1n) is 7.98. The maximum absolute atomic E-state index is 11.9. The molecule has 0 radical (unpaired) electrons. The number of phenols is 1. The van der Waals surface area contributed by atoms with Crippen LogP contribution in [-0.2, 0) is 6.42 Å². The average Bonchev–Trinajstić information content (AvgIpc) is 3.03. The van der Waals surface area contributed by atoms with Crippen LogP contribution in [0.3, 0.4) is 0 Å². The number of aliphatic imine (C=N–C) groups is 1. The predicted molar refractivity (Wildman–Crippen MR) is 103 cm³/mol. The molecule has 0 saturated carbocycles. The summed E-state index contributed by atoms with van der Waals surface area (Å²) in [6.07, 6.45) is 1.63. The number of hydrogen-bond donors (Lipinski definition) is 3. The van der Waals surface area contributed by atoms with Gasteiger partial charge in [0.2, 0.25) is 0 Å². The fourth-order valence-corrected chi connectivity index (χ4v) is 2.81. The van der Waals surface area contributed by atoms with E-state index in [1.54, 1.807) is 18.2 Å². The standard InChI is InChI=1S/C18H14ClN5O4/c19-12-3-1-2-10(6-12)7-13-16(17(20)26)18(23-22-13)21-9-11-4-5-15(25)14(8-11)24(27)28/h1-6,8-9,25H,7H2,(H2,20,26)(H,22,23). The molecule has 142 valence electrons. The van der Waals surface area contributed by atoms with Crippen molar-refractivity contribution in [1.82, 2.24) is 10.2 Å². The highest BCUT2D eigenvalue weighted by atomic mass is 35.5. The summed E-state index contributed by atoms with van der Waals surface area (Å²) in [6.45, 7) is 0. The number of nitrogens with two attached hydrogens (primary N) is 1. The van der Waals surface area contributed by atoms with Crippen LogP contribution in [0.25, 0.3) is 0 Å². The van der Waals surface area contributed by atoms with Gasteiger partial charge in [-0.05, 0) is 35.4 Å². The monoisotopic (exact) mass is 399 g/mol. The van der Waals surface area contributed by atoms with E-state index >= 15 is 0 Å². The third-order valence-corrected chi connectivity index (χ3v) is 4.11. The van der Waals surface area contributed by atoms with Crippen LogP contribution < -0.4 is 5.73 Å². The van der Waals surface area contributed by atoms with Crippen molar-refractivity contribution < 1.29 is 14.8 Å². The lowest BCUT2D eigenvalue weighted by Crippen LogP contribution is -2.13. The van der Waals surface area contributed by atoms with E-state index in [0.29, 0.717) is 22.7 Å². The summed E-state index contributed by atoms with van der Waals surface area (Å²) in [6, 6.07) is 10.9. The molecule has 0 aliphatic rings. The second-order valence-corrected chi connectivity index (χ2v) is 6.27. The third-order valence-electron chi connectivity index (χ3n) is 3.87. The predicted octanol–water partition coefficient (Wildman–Crippen LogP) is 3.12. The highest BCUT2D eigenvalue weighted by Crippen LogP contribution is 2.27. The molecule has 9 nitrogen and oxygen atoms in total. The number of amides is 1. The highest BCUT2D eigenvalue weighted by Gasteiger charge is 2.18. The number of nitrogens with one attached hydrogen (secondary N) is 1. The van der Waals surface area contributed by atoms with Crippen LogP contribution in [0.5, 0.6) is 5.75 Å². The molecule has 1 amide bonds. The molecule has 4 N–H and O–H groups in total. The molecule has 1 heterocycles. The quantitative estimate of drug-likeness (QED) is 0.331. The van der Waals surface area contributed by atoms with E-state index in [-0.39, 0.29) is 11.4 Å². The molecule has 3 aromatic rings. The molecule has 0 aliphatic heterocycles.